The lowest BCUT2D eigenvalue weighted by Crippen LogP contribution is -2.42. The predicted molar refractivity (Wildman–Crippen MR) is 214 cm³/mol. The van der Waals surface area contributed by atoms with Gasteiger partial charge in [-0.1, -0.05) is 200 Å². The normalized spacial score (nSPS) is 12.7. The van der Waals surface area contributed by atoms with Crippen molar-refractivity contribution in [3.05, 3.63) is 12.2 Å². The Hall–Kier alpha value is -1.78. The Kier molecular flexibility index (Phi) is 42.8. The van der Waals surface area contributed by atoms with Crippen LogP contribution in [0.3, 0.4) is 0 Å². The van der Waals surface area contributed by atoms with Crippen molar-refractivity contribution in [2.75, 3.05) is 7.11 Å². The number of amides is 2. The SMILES string of the molecule is CCCCCCCCCCCCCC/C=C/[C@H](CC)NC(=O)C(F)(F)F.CCCCCCCCCCCCCCCC[C@H](CC)NC(=O)C(F)(F)F.CO. The smallest absolute Gasteiger partial charge is 0.400 e. The van der Waals surface area contributed by atoms with Crippen molar-refractivity contribution in [1.29, 1.82) is 0 Å². The number of alkyl halides is 6. The molecule has 54 heavy (non-hydrogen) atoms. The van der Waals surface area contributed by atoms with Crippen LogP contribution in [0, 0.1) is 0 Å². The first-order valence-electron chi connectivity index (χ1n) is 21.7. The Labute approximate surface area is 327 Å². The van der Waals surface area contributed by atoms with Crippen molar-refractivity contribution in [1.82, 2.24) is 10.6 Å². The number of rotatable bonds is 33. The topological polar surface area (TPSA) is 78.4 Å². The van der Waals surface area contributed by atoms with Crippen molar-refractivity contribution in [3.8, 4) is 0 Å². The van der Waals surface area contributed by atoms with Gasteiger partial charge in [-0.25, -0.2) is 0 Å². The molecule has 0 aliphatic carbocycles. The van der Waals surface area contributed by atoms with E-state index < -0.39 is 30.2 Å². The van der Waals surface area contributed by atoms with E-state index in [0.29, 0.717) is 19.3 Å². The number of halogens is 6. The number of allylic oxidation sites excluding steroid dienone is 1. The Bertz CT molecular complexity index is 837. The fraction of sp³-hybridized carbons (Fsp3) is 0.907. The molecule has 324 valence electrons. The average molecular weight is 789 g/mol. The van der Waals surface area contributed by atoms with Crippen LogP contribution in [0.25, 0.3) is 0 Å². The summed E-state index contributed by atoms with van der Waals surface area (Å²) in [6.07, 6.45) is 29.7. The standard InChI is InChI=1S/C21H40F3NO.C21H38F3NO.CH4O/c2*1-3-5-6-7-8-9-10-11-12-13-14-15-16-17-18-19(4-2)25-20(26)21(22,23)24;1-2/h19H,3-18H2,1-2H3,(H,25,26);17-19H,3-16H2,1-2H3,(H,25,26);2H,1H3/b;18-17+;/t2*19-;/m00./s1. The first kappa shape index (κ1) is 56.6. The third-order valence-corrected chi connectivity index (χ3v) is 9.60. The molecule has 0 unspecified atom stereocenters. The zero-order chi connectivity index (χ0) is 41.4. The first-order chi connectivity index (χ1) is 25.8. The van der Waals surface area contributed by atoms with E-state index in [9.17, 15) is 35.9 Å². The number of carbonyl (C=O) groups is 2. The summed E-state index contributed by atoms with van der Waals surface area (Å²) < 4.78 is 73.4. The minimum absolute atomic E-state index is 0.360. The second kappa shape index (κ2) is 40.9. The summed E-state index contributed by atoms with van der Waals surface area (Å²) in [5, 5.41) is 11.1. The van der Waals surface area contributed by atoms with Crippen LogP contribution in [0.2, 0.25) is 0 Å². The lowest BCUT2D eigenvalue weighted by atomic mass is 10.0. The van der Waals surface area contributed by atoms with Crippen LogP contribution in [0.1, 0.15) is 220 Å². The molecule has 0 fully saturated rings. The van der Waals surface area contributed by atoms with Gasteiger partial charge < -0.3 is 15.7 Å². The van der Waals surface area contributed by atoms with Crippen LogP contribution in [0.4, 0.5) is 26.3 Å². The first-order valence-corrected chi connectivity index (χ1v) is 21.7. The molecule has 0 spiro atoms. The fourth-order valence-electron chi connectivity index (χ4n) is 6.13. The van der Waals surface area contributed by atoms with Crippen LogP contribution in [0.15, 0.2) is 12.2 Å². The highest BCUT2D eigenvalue weighted by Crippen LogP contribution is 2.18. The lowest BCUT2D eigenvalue weighted by Gasteiger charge is -2.17. The Balaban J connectivity index is -0.000000921. The van der Waals surface area contributed by atoms with Crippen LogP contribution >= 0.6 is 0 Å². The van der Waals surface area contributed by atoms with E-state index in [4.69, 9.17) is 5.11 Å². The maximum absolute atomic E-state index is 12.2. The average Bonchev–Trinajstić information content (AvgIpc) is 3.14. The van der Waals surface area contributed by atoms with E-state index in [1.54, 1.807) is 13.0 Å². The van der Waals surface area contributed by atoms with Crippen LogP contribution in [0.5, 0.6) is 0 Å². The van der Waals surface area contributed by atoms with Gasteiger partial charge in [0.1, 0.15) is 0 Å². The molecule has 0 aromatic rings. The molecule has 0 radical (unpaired) electrons. The molecular formula is C43H82F6N2O3. The zero-order valence-corrected chi connectivity index (χ0v) is 35.1. The Morgan fingerprint density at radius 2 is 0.796 bits per heavy atom. The van der Waals surface area contributed by atoms with Gasteiger partial charge in [0.05, 0.1) is 0 Å². The summed E-state index contributed by atoms with van der Waals surface area (Å²) in [5.41, 5.74) is 0. The largest absolute Gasteiger partial charge is 0.471 e. The number of hydrogen-bond acceptors (Lipinski definition) is 3. The van der Waals surface area contributed by atoms with E-state index in [1.807, 2.05) is 18.3 Å². The number of carbonyl (C=O) groups excluding carboxylic acids is 2. The van der Waals surface area contributed by atoms with Gasteiger partial charge in [-0.15, -0.1) is 0 Å². The van der Waals surface area contributed by atoms with Crippen LogP contribution < -0.4 is 10.6 Å². The summed E-state index contributed by atoms with van der Waals surface area (Å²) in [4.78, 5) is 21.9. The molecule has 0 bridgehead atoms. The van der Waals surface area contributed by atoms with Crippen molar-refractivity contribution < 1.29 is 41.0 Å². The molecule has 0 rings (SSSR count). The molecule has 11 heteroatoms. The molecule has 0 aromatic heterocycles. The van der Waals surface area contributed by atoms with E-state index >= 15 is 0 Å². The number of hydrogen-bond donors (Lipinski definition) is 3. The van der Waals surface area contributed by atoms with Crippen molar-refractivity contribution in [2.24, 2.45) is 0 Å². The van der Waals surface area contributed by atoms with Gasteiger partial charge in [-0.05, 0) is 32.1 Å². The third-order valence-electron chi connectivity index (χ3n) is 9.60. The molecule has 5 nitrogen and oxygen atoms in total. The second-order valence-corrected chi connectivity index (χ2v) is 14.6. The van der Waals surface area contributed by atoms with Crippen LogP contribution in [-0.2, 0) is 9.59 Å². The summed E-state index contributed by atoms with van der Waals surface area (Å²) >= 11 is 0. The van der Waals surface area contributed by atoms with Crippen molar-refractivity contribution in [2.45, 2.75) is 245 Å². The summed E-state index contributed by atoms with van der Waals surface area (Å²) in [5.74, 6) is -3.67. The summed E-state index contributed by atoms with van der Waals surface area (Å²) in [6, 6.07) is -0.900. The molecule has 0 saturated heterocycles. The van der Waals surface area contributed by atoms with E-state index in [1.165, 1.54) is 135 Å². The number of nitrogens with one attached hydrogen (secondary N) is 2. The van der Waals surface area contributed by atoms with Crippen molar-refractivity contribution in [3.63, 3.8) is 0 Å². The molecule has 0 saturated carbocycles. The minimum atomic E-state index is -4.81. The highest BCUT2D eigenvalue weighted by atomic mass is 19.4. The molecule has 0 aliphatic rings. The van der Waals surface area contributed by atoms with Gasteiger partial charge in [0.2, 0.25) is 0 Å². The second-order valence-electron chi connectivity index (χ2n) is 14.6. The Morgan fingerprint density at radius 1 is 0.481 bits per heavy atom. The van der Waals surface area contributed by atoms with E-state index in [-0.39, 0.29) is 6.04 Å². The highest BCUT2D eigenvalue weighted by molar-refractivity contribution is 5.82. The monoisotopic (exact) mass is 789 g/mol. The molecule has 0 aliphatic heterocycles. The molecule has 3 N–H and O–H groups in total. The summed E-state index contributed by atoms with van der Waals surface area (Å²) in [7, 11) is 1.00. The van der Waals surface area contributed by atoms with Gasteiger partial charge in [0, 0.05) is 19.2 Å². The van der Waals surface area contributed by atoms with Crippen LogP contribution in [-0.4, -0.2) is 48.5 Å². The van der Waals surface area contributed by atoms with Crippen molar-refractivity contribution >= 4 is 11.8 Å². The van der Waals surface area contributed by atoms with Gasteiger partial charge in [0.15, 0.2) is 0 Å². The zero-order valence-electron chi connectivity index (χ0n) is 35.1. The number of unbranched alkanes of at least 4 members (excludes halogenated alkanes) is 25. The highest BCUT2D eigenvalue weighted by Gasteiger charge is 2.40. The number of aliphatic hydroxyl groups is 1. The summed E-state index contributed by atoms with van der Waals surface area (Å²) in [6.45, 7) is 8.05. The molecule has 2 atom stereocenters. The van der Waals surface area contributed by atoms with Gasteiger partial charge in [-0.3, -0.25) is 9.59 Å². The van der Waals surface area contributed by atoms with E-state index in [2.05, 4.69) is 19.2 Å². The molecule has 2 amide bonds. The quantitative estimate of drug-likeness (QED) is 0.0352. The van der Waals surface area contributed by atoms with E-state index in [0.717, 1.165) is 45.6 Å². The van der Waals surface area contributed by atoms with Gasteiger partial charge in [-0.2, -0.15) is 26.3 Å². The lowest BCUT2D eigenvalue weighted by molar-refractivity contribution is -0.174. The predicted octanol–water partition coefficient (Wildman–Crippen LogP) is 14.0. The Morgan fingerprint density at radius 3 is 1.11 bits per heavy atom. The maximum atomic E-state index is 12.2. The minimum Gasteiger partial charge on any atom is -0.400 e. The third kappa shape index (κ3) is 41.4. The molecule has 0 aromatic carbocycles. The van der Waals surface area contributed by atoms with Gasteiger partial charge >= 0.3 is 24.2 Å². The molecular weight excluding hydrogens is 706 g/mol. The molecule has 0 heterocycles. The van der Waals surface area contributed by atoms with Gasteiger partial charge in [0.25, 0.3) is 0 Å². The maximum Gasteiger partial charge on any atom is 0.471 e. The number of aliphatic hydroxyl groups excluding tert-OH is 1. The fourth-order valence-corrected chi connectivity index (χ4v) is 6.13.